The molecule has 0 nitrogen and oxygen atoms in total. The Kier molecular flexibility index (Phi) is 7.46. The van der Waals surface area contributed by atoms with Crippen molar-refractivity contribution >= 4 is 0 Å². The largest absolute Gasteiger partial charge is 2.00 e. The molecule has 0 N–H and O–H groups in total. The van der Waals surface area contributed by atoms with Gasteiger partial charge in [0.1, 0.15) is 0 Å². The van der Waals surface area contributed by atoms with E-state index in [1.165, 1.54) is 0 Å². The van der Waals surface area contributed by atoms with Gasteiger partial charge >= 0.3 is 27.3 Å². The Morgan fingerprint density at radius 3 is 0.909 bits per heavy atom. The molecule has 0 aliphatic carbocycles. The van der Waals surface area contributed by atoms with E-state index >= 15 is 0 Å². The van der Waals surface area contributed by atoms with Crippen molar-refractivity contribution in [1.82, 2.24) is 0 Å². The molecule has 2 aromatic carbocycles. The van der Waals surface area contributed by atoms with Crippen LogP contribution in [-0.4, -0.2) is 0 Å². The van der Waals surface area contributed by atoms with Crippen molar-refractivity contribution in [2.24, 2.45) is 0 Å². The standard InChI is InChI=1S/2C5H5.Cd/c2*1-2-4-5-3-1;/h2*1-5H;/q2*-1;+2. The molecule has 0 spiro atoms. The van der Waals surface area contributed by atoms with Crippen LogP contribution in [0.15, 0.2) is 60.7 Å². The minimum absolute atomic E-state index is 0. The van der Waals surface area contributed by atoms with Crippen molar-refractivity contribution in [2.75, 3.05) is 0 Å². The second kappa shape index (κ2) is 7.73. The molecular formula is C10H10Cd. The van der Waals surface area contributed by atoms with Gasteiger partial charge in [0.15, 0.2) is 0 Å². The summed E-state index contributed by atoms with van der Waals surface area (Å²) in [6.07, 6.45) is 0. The van der Waals surface area contributed by atoms with E-state index in [4.69, 9.17) is 0 Å². The van der Waals surface area contributed by atoms with E-state index in [0.29, 0.717) is 0 Å². The molecule has 0 fully saturated rings. The Hall–Kier alpha value is -0.378. The first-order chi connectivity index (χ1) is 5.00. The zero-order valence-corrected chi connectivity index (χ0v) is 10.5. The smallest absolute Gasteiger partial charge is 0.214 e. The molecule has 0 aromatic heterocycles. The van der Waals surface area contributed by atoms with Gasteiger partial charge in [-0.05, 0) is 0 Å². The van der Waals surface area contributed by atoms with Crippen molar-refractivity contribution < 1.29 is 27.3 Å². The first-order valence-electron chi connectivity index (χ1n) is 3.33. The third kappa shape index (κ3) is 6.04. The normalized spacial score (nSPS) is 7.27. The van der Waals surface area contributed by atoms with Crippen molar-refractivity contribution in [3.05, 3.63) is 60.7 Å². The van der Waals surface area contributed by atoms with Gasteiger partial charge in [-0.2, -0.15) is 36.4 Å². The van der Waals surface area contributed by atoms with Gasteiger partial charge in [0, 0.05) is 0 Å². The maximum absolute atomic E-state index is 2.00. The minimum Gasteiger partial charge on any atom is -0.214 e. The molecule has 2 rings (SSSR count). The van der Waals surface area contributed by atoms with Crippen molar-refractivity contribution in [3.8, 4) is 0 Å². The molecule has 52 valence electrons. The van der Waals surface area contributed by atoms with Crippen LogP contribution in [0.3, 0.4) is 0 Å². The molecule has 0 radical (unpaired) electrons. The van der Waals surface area contributed by atoms with Gasteiger partial charge in [-0.25, -0.2) is 24.3 Å². The van der Waals surface area contributed by atoms with Crippen molar-refractivity contribution in [1.29, 1.82) is 0 Å². The molecule has 2 aromatic rings. The third-order valence-electron chi connectivity index (χ3n) is 1.11. The number of hydrogen-bond acceptors (Lipinski definition) is 0. The van der Waals surface area contributed by atoms with Crippen molar-refractivity contribution in [3.63, 3.8) is 0 Å². The minimum atomic E-state index is 0. The summed E-state index contributed by atoms with van der Waals surface area (Å²) < 4.78 is 0. The third-order valence-corrected chi connectivity index (χ3v) is 1.11. The Bertz CT molecular complexity index is 144. The van der Waals surface area contributed by atoms with E-state index in [9.17, 15) is 0 Å². The van der Waals surface area contributed by atoms with Crippen LogP contribution in [0, 0.1) is 0 Å². The average Bonchev–Trinajstić information content (AvgIpc) is 2.67. The van der Waals surface area contributed by atoms with Gasteiger partial charge in [-0.3, -0.25) is 0 Å². The molecule has 0 saturated heterocycles. The van der Waals surface area contributed by atoms with Gasteiger partial charge in [-0.1, -0.05) is 0 Å². The molecule has 0 amide bonds. The summed E-state index contributed by atoms with van der Waals surface area (Å²) in [7, 11) is 0. The second-order valence-electron chi connectivity index (χ2n) is 1.92. The molecule has 0 bridgehead atoms. The Balaban J connectivity index is 0.000000167. The molecule has 0 heterocycles. The topological polar surface area (TPSA) is 0 Å². The summed E-state index contributed by atoms with van der Waals surface area (Å²) in [5, 5.41) is 0. The summed E-state index contributed by atoms with van der Waals surface area (Å²) in [4.78, 5) is 0. The van der Waals surface area contributed by atoms with Crippen molar-refractivity contribution in [2.45, 2.75) is 0 Å². The maximum atomic E-state index is 2.00. The van der Waals surface area contributed by atoms with Crippen LogP contribution in [0.25, 0.3) is 0 Å². The van der Waals surface area contributed by atoms with Gasteiger partial charge in [0.25, 0.3) is 0 Å². The summed E-state index contributed by atoms with van der Waals surface area (Å²) in [5.41, 5.74) is 0. The Morgan fingerprint density at radius 1 is 0.545 bits per heavy atom. The zero-order chi connectivity index (χ0) is 7.07. The number of rotatable bonds is 0. The maximum Gasteiger partial charge on any atom is 2.00 e. The number of hydrogen-bond donors (Lipinski definition) is 0. The van der Waals surface area contributed by atoms with E-state index in [2.05, 4.69) is 0 Å². The zero-order valence-electron chi connectivity index (χ0n) is 6.48. The van der Waals surface area contributed by atoms with Crippen LogP contribution in [0.2, 0.25) is 0 Å². The van der Waals surface area contributed by atoms with Crippen LogP contribution < -0.4 is 0 Å². The molecule has 0 saturated carbocycles. The Labute approximate surface area is 87.8 Å². The SMILES string of the molecule is [Cd+2].c1cc[cH-]c1.c1cc[cH-]c1. The molecule has 1 heteroatoms. The summed E-state index contributed by atoms with van der Waals surface area (Å²) in [5.74, 6) is 0. The first kappa shape index (κ1) is 10.6. The molecule has 11 heavy (non-hydrogen) atoms. The van der Waals surface area contributed by atoms with Crippen LogP contribution >= 0.6 is 0 Å². The van der Waals surface area contributed by atoms with Crippen LogP contribution in [0.4, 0.5) is 0 Å². The van der Waals surface area contributed by atoms with Crippen LogP contribution in [-0.2, 0) is 27.3 Å². The second-order valence-corrected chi connectivity index (χ2v) is 1.92. The fraction of sp³-hybridized carbons (Fsp3) is 0. The van der Waals surface area contributed by atoms with E-state index in [1.54, 1.807) is 0 Å². The summed E-state index contributed by atoms with van der Waals surface area (Å²) >= 11 is 0. The van der Waals surface area contributed by atoms with Crippen LogP contribution in [0.1, 0.15) is 0 Å². The molecule has 0 unspecified atom stereocenters. The summed E-state index contributed by atoms with van der Waals surface area (Å²) in [6.45, 7) is 0. The van der Waals surface area contributed by atoms with Gasteiger partial charge in [0.05, 0.1) is 0 Å². The van der Waals surface area contributed by atoms with Gasteiger partial charge < -0.3 is 0 Å². The van der Waals surface area contributed by atoms with E-state index < -0.39 is 0 Å². The first-order valence-corrected chi connectivity index (χ1v) is 3.33. The fourth-order valence-corrected chi connectivity index (χ4v) is 0.642. The van der Waals surface area contributed by atoms with E-state index in [0.717, 1.165) is 0 Å². The fourth-order valence-electron chi connectivity index (χ4n) is 0.642. The monoisotopic (exact) mass is 244 g/mol. The van der Waals surface area contributed by atoms with Gasteiger partial charge in [0.2, 0.25) is 0 Å². The molecular weight excluding hydrogens is 233 g/mol. The molecule has 0 atom stereocenters. The van der Waals surface area contributed by atoms with Crippen LogP contribution in [0.5, 0.6) is 0 Å². The summed E-state index contributed by atoms with van der Waals surface area (Å²) in [6, 6.07) is 20.0. The average molecular weight is 243 g/mol. The molecule has 0 aliphatic rings. The van der Waals surface area contributed by atoms with E-state index in [-0.39, 0.29) is 27.3 Å². The molecule has 0 aliphatic heterocycles. The predicted octanol–water partition coefficient (Wildman–Crippen LogP) is 2.81. The Morgan fingerprint density at radius 2 is 0.818 bits per heavy atom. The quantitative estimate of drug-likeness (QED) is 0.492. The predicted molar refractivity (Wildman–Crippen MR) is 44.1 cm³/mol. The van der Waals surface area contributed by atoms with Gasteiger partial charge in [-0.15, -0.1) is 0 Å². The van der Waals surface area contributed by atoms with E-state index in [1.807, 2.05) is 60.7 Å².